The zero-order valence-electron chi connectivity index (χ0n) is 27.0. The average Bonchev–Trinajstić information content (AvgIpc) is 3.59. The molecule has 12 heteroatoms. The van der Waals surface area contributed by atoms with Gasteiger partial charge in [-0.3, -0.25) is 14.4 Å². The van der Waals surface area contributed by atoms with Crippen LogP contribution < -0.4 is 30.2 Å². The van der Waals surface area contributed by atoms with Gasteiger partial charge in [-0.2, -0.15) is 0 Å². The van der Waals surface area contributed by atoms with Crippen molar-refractivity contribution in [3.05, 3.63) is 119 Å². The van der Waals surface area contributed by atoms with Gasteiger partial charge in [-0.15, -0.1) is 23.1 Å². The van der Waals surface area contributed by atoms with Crippen LogP contribution in [-0.4, -0.2) is 49.3 Å². The Labute approximate surface area is 292 Å². The van der Waals surface area contributed by atoms with E-state index in [0.717, 1.165) is 21.9 Å². The summed E-state index contributed by atoms with van der Waals surface area (Å²) < 4.78 is 16.4. The third-order valence-electron chi connectivity index (χ3n) is 6.96. The second-order valence-corrected chi connectivity index (χ2v) is 12.2. The highest BCUT2D eigenvalue weighted by atomic mass is 32.2. The average molecular weight is 695 g/mol. The topological polar surface area (TPSA) is 128 Å². The predicted molar refractivity (Wildman–Crippen MR) is 195 cm³/mol. The molecular weight excluding hydrogens is 661 g/mol. The summed E-state index contributed by atoms with van der Waals surface area (Å²) in [6, 6.07) is 28.6. The molecule has 5 aromatic rings. The van der Waals surface area contributed by atoms with Gasteiger partial charge in [-0.05, 0) is 79.7 Å². The number of hydrogen-bond acceptors (Lipinski definition) is 9. The lowest BCUT2D eigenvalue weighted by molar-refractivity contribution is -0.114. The fourth-order valence-corrected chi connectivity index (χ4v) is 6.05. The molecule has 10 nitrogen and oxygen atoms in total. The summed E-state index contributed by atoms with van der Waals surface area (Å²) in [5.41, 5.74) is 3.14. The van der Waals surface area contributed by atoms with E-state index in [0.29, 0.717) is 40.1 Å². The maximum absolute atomic E-state index is 13.5. The second kappa shape index (κ2) is 17.0. The van der Waals surface area contributed by atoms with Crippen LogP contribution in [0.15, 0.2) is 113 Å². The van der Waals surface area contributed by atoms with E-state index in [4.69, 9.17) is 14.2 Å². The molecule has 0 bridgehead atoms. The first-order chi connectivity index (χ1) is 23.9. The number of thiazole rings is 1. The summed E-state index contributed by atoms with van der Waals surface area (Å²) in [7, 11) is 3.02. The van der Waals surface area contributed by atoms with E-state index in [2.05, 4.69) is 20.9 Å². The predicted octanol–water partition coefficient (Wildman–Crippen LogP) is 7.37. The molecule has 0 saturated carbocycles. The lowest BCUT2D eigenvalue weighted by Gasteiger charge is -2.14. The Morgan fingerprint density at radius 2 is 1.61 bits per heavy atom. The first-order valence-electron chi connectivity index (χ1n) is 15.2. The number of carbonyl (C=O) groups is 3. The summed E-state index contributed by atoms with van der Waals surface area (Å²) in [4.78, 5) is 44.6. The molecular formula is C37H34N4O6S2. The van der Waals surface area contributed by atoms with E-state index >= 15 is 0 Å². The van der Waals surface area contributed by atoms with E-state index in [1.165, 1.54) is 43.4 Å². The second-order valence-electron chi connectivity index (χ2n) is 10.3. The van der Waals surface area contributed by atoms with Crippen molar-refractivity contribution in [3.63, 3.8) is 0 Å². The zero-order valence-corrected chi connectivity index (χ0v) is 28.7. The largest absolute Gasteiger partial charge is 0.494 e. The fraction of sp³-hybridized carbons (Fsp3) is 0.135. The van der Waals surface area contributed by atoms with Gasteiger partial charge in [0.25, 0.3) is 11.8 Å². The molecule has 1 heterocycles. The first kappa shape index (κ1) is 34.7. The Bertz CT molecular complexity index is 1930. The smallest absolute Gasteiger partial charge is 0.272 e. The van der Waals surface area contributed by atoms with Crippen LogP contribution in [0.4, 0.5) is 10.8 Å². The van der Waals surface area contributed by atoms with Gasteiger partial charge >= 0.3 is 0 Å². The molecule has 3 amide bonds. The van der Waals surface area contributed by atoms with Crippen molar-refractivity contribution in [2.75, 3.05) is 37.2 Å². The minimum Gasteiger partial charge on any atom is -0.494 e. The molecule has 0 unspecified atom stereocenters. The van der Waals surface area contributed by atoms with Gasteiger partial charge in [0.05, 0.1) is 32.3 Å². The number of aromatic nitrogens is 1. The van der Waals surface area contributed by atoms with Gasteiger partial charge in [0, 0.05) is 32.7 Å². The number of rotatable bonds is 14. The van der Waals surface area contributed by atoms with Crippen molar-refractivity contribution in [1.82, 2.24) is 10.3 Å². The monoisotopic (exact) mass is 694 g/mol. The Morgan fingerprint density at radius 3 is 2.31 bits per heavy atom. The van der Waals surface area contributed by atoms with Crippen LogP contribution in [0.3, 0.4) is 0 Å². The molecule has 0 aliphatic carbocycles. The molecule has 5 rings (SSSR count). The Hall–Kier alpha value is -5.59. The highest BCUT2D eigenvalue weighted by Crippen LogP contribution is 2.32. The van der Waals surface area contributed by atoms with E-state index in [1.807, 2.05) is 36.6 Å². The number of benzene rings is 4. The van der Waals surface area contributed by atoms with Crippen molar-refractivity contribution < 1.29 is 28.6 Å². The van der Waals surface area contributed by atoms with E-state index in [1.54, 1.807) is 72.8 Å². The van der Waals surface area contributed by atoms with Crippen LogP contribution in [-0.2, 0) is 9.59 Å². The quantitative estimate of drug-likeness (QED) is 0.0813. The van der Waals surface area contributed by atoms with Crippen LogP contribution in [0.1, 0.15) is 22.8 Å². The molecule has 3 N–H and O–H groups in total. The van der Waals surface area contributed by atoms with E-state index < -0.39 is 11.8 Å². The van der Waals surface area contributed by atoms with Gasteiger partial charge in [0.2, 0.25) is 5.91 Å². The van der Waals surface area contributed by atoms with Gasteiger partial charge in [0.1, 0.15) is 11.4 Å². The van der Waals surface area contributed by atoms with Crippen molar-refractivity contribution in [2.45, 2.75) is 11.8 Å². The summed E-state index contributed by atoms with van der Waals surface area (Å²) in [6.45, 7) is 2.54. The number of amides is 3. The SMILES string of the molecule is CCOc1ccc(-c2csc(NC(=O)CSc3ccc(NC(=O)/C(=C/c4cccc(OC)c4OC)NC(=O)c4ccccc4)cc3)n2)cc1. The number of ether oxygens (including phenoxy) is 3. The van der Waals surface area contributed by atoms with Crippen LogP contribution >= 0.6 is 23.1 Å². The number of hydrogen-bond donors (Lipinski definition) is 3. The van der Waals surface area contributed by atoms with Crippen molar-refractivity contribution in [2.24, 2.45) is 0 Å². The number of carbonyl (C=O) groups excluding carboxylic acids is 3. The van der Waals surface area contributed by atoms with Crippen molar-refractivity contribution in [1.29, 1.82) is 0 Å². The Morgan fingerprint density at radius 1 is 0.857 bits per heavy atom. The van der Waals surface area contributed by atoms with Crippen LogP contribution in [0.2, 0.25) is 0 Å². The van der Waals surface area contributed by atoms with Gasteiger partial charge in [0.15, 0.2) is 16.6 Å². The number of anilines is 2. The molecule has 4 aromatic carbocycles. The third kappa shape index (κ3) is 9.49. The van der Waals surface area contributed by atoms with Gasteiger partial charge in [-0.1, -0.05) is 30.3 Å². The number of nitrogens with one attached hydrogen (secondary N) is 3. The minimum atomic E-state index is -0.540. The van der Waals surface area contributed by atoms with Crippen LogP contribution in [0, 0.1) is 0 Å². The zero-order chi connectivity index (χ0) is 34.6. The van der Waals surface area contributed by atoms with E-state index in [9.17, 15) is 14.4 Å². The third-order valence-corrected chi connectivity index (χ3v) is 8.73. The molecule has 1 aromatic heterocycles. The Balaban J connectivity index is 1.21. The molecule has 0 fully saturated rings. The molecule has 0 aliphatic heterocycles. The molecule has 0 spiro atoms. The highest BCUT2D eigenvalue weighted by Gasteiger charge is 2.18. The molecule has 0 atom stereocenters. The standard InChI is InChI=1S/C37H34N4O6S2/c1-4-47-28-17-13-24(14-18-28)31-22-49-37(40-31)41-33(42)23-48-29-19-15-27(16-20-29)38-36(44)30(39-35(43)25-9-6-5-7-10-25)21-26-11-8-12-32(45-2)34(26)46-3/h5-22H,4,23H2,1-3H3,(H,38,44)(H,39,43)(H,40,41,42)/b30-21-. The molecule has 0 aliphatic rings. The first-order valence-corrected chi connectivity index (χ1v) is 17.0. The molecule has 49 heavy (non-hydrogen) atoms. The number of methoxy groups -OCH3 is 2. The molecule has 0 saturated heterocycles. The lowest BCUT2D eigenvalue weighted by Crippen LogP contribution is -2.30. The summed E-state index contributed by atoms with van der Waals surface area (Å²) in [6.07, 6.45) is 1.53. The van der Waals surface area contributed by atoms with Crippen molar-refractivity contribution >= 4 is 57.7 Å². The molecule has 250 valence electrons. The summed E-state index contributed by atoms with van der Waals surface area (Å²) >= 11 is 2.71. The fourth-order valence-electron chi connectivity index (χ4n) is 4.61. The maximum atomic E-state index is 13.5. The number of para-hydroxylation sites is 1. The van der Waals surface area contributed by atoms with E-state index in [-0.39, 0.29) is 17.4 Å². The van der Waals surface area contributed by atoms with Gasteiger partial charge in [-0.25, -0.2) is 4.98 Å². The van der Waals surface area contributed by atoms with Gasteiger partial charge < -0.3 is 30.2 Å². The summed E-state index contributed by atoms with van der Waals surface area (Å²) in [5, 5.41) is 10.8. The van der Waals surface area contributed by atoms with Crippen LogP contribution in [0.5, 0.6) is 17.2 Å². The highest BCUT2D eigenvalue weighted by molar-refractivity contribution is 8.00. The maximum Gasteiger partial charge on any atom is 0.272 e. The summed E-state index contributed by atoms with van der Waals surface area (Å²) in [5.74, 6) is 0.685. The minimum absolute atomic E-state index is 0.00315. The Kier molecular flexibility index (Phi) is 12.0. The normalized spacial score (nSPS) is 11.0. The number of nitrogens with zero attached hydrogens (tertiary/aromatic N) is 1. The van der Waals surface area contributed by atoms with Crippen molar-refractivity contribution in [3.8, 4) is 28.5 Å². The van der Waals surface area contributed by atoms with Crippen LogP contribution in [0.25, 0.3) is 17.3 Å². The lowest BCUT2D eigenvalue weighted by atomic mass is 10.1. The molecule has 0 radical (unpaired) electrons. The number of thioether (sulfide) groups is 1.